The number of halogens is 2. The van der Waals surface area contributed by atoms with Crippen molar-refractivity contribution >= 4 is 15.9 Å². The number of likely N-dealkylation sites (N-methyl/N-ethyl adjacent to an activating group) is 1. The Bertz CT molecular complexity index is 249. The Morgan fingerprint density at radius 3 is 2.43 bits per heavy atom. The normalized spacial score (nSPS) is 11.6. The van der Waals surface area contributed by atoms with E-state index in [4.69, 9.17) is 4.74 Å². The highest BCUT2D eigenvalue weighted by Crippen LogP contribution is 2.15. The van der Waals surface area contributed by atoms with Gasteiger partial charge in [0.1, 0.15) is 6.61 Å². The molecule has 0 spiro atoms. The molecule has 0 saturated heterocycles. The summed E-state index contributed by atoms with van der Waals surface area (Å²) in [5.74, 6) is -0.474. The van der Waals surface area contributed by atoms with Crippen LogP contribution in [0.5, 0.6) is 0 Å². The molecule has 0 aliphatic rings. The largest absolute Gasteiger partial charge is 0.489 e. The molecule has 0 saturated carbocycles. The first-order valence-electron chi connectivity index (χ1n) is 4.12. The van der Waals surface area contributed by atoms with Gasteiger partial charge in [-0.25, -0.2) is 4.39 Å². The van der Waals surface area contributed by atoms with Crippen LogP contribution in [0, 0.1) is 0 Å². The quantitative estimate of drug-likeness (QED) is 0.540. The molecule has 0 N–H and O–H groups in total. The highest BCUT2D eigenvalue weighted by Gasteiger charge is 2.03. The molecule has 0 rings (SSSR count). The van der Waals surface area contributed by atoms with Crippen LogP contribution >= 0.6 is 15.9 Å². The maximum Gasteiger partial charge on any atom is 0.157 e. The van der Waals surface area contributed by atoms with Gasteiger partial charge in [0.15, 0.2) is 11.6 Å². The topological polar surface area (TPSA) is 12.5 Å². The highest BCUT2D eigenvalue weighted by atomic mass is 79.9. The minimum absolute atomic E-state index is 0.119. The lowest BCUT2D eigenvalue weighted by atomic mass is 10.4. The van der Waals surface area contributed by atoms with Crippen LogP contribution in [0.4, 0.5) is 4.39 Å². The summed E-state index contributed by atoms with van der Waals surface area (Å²) in [6, 6.07) is 0. The van der Waals surface area contributed by atoms with Crippen molar-refractivity contribution in [3.63, 3.8) is 0 Å². The summed E-state index contributed by atoms with van der Waals surface area (Å²) in [4.78, 5) is 1.95. The van der Waals surface area contributed by atoms with Crippen molar-refractivity contribution in [2.45, 2.75) is 0 Å². The van der Waals surface area contributed by atoms with E-state index in [1.807, 2.05) is 19.0 Å². The van der Waals surface area contributed by atoms with Gasteiger partial charge in [-0.15, -0.1) is 0 Å². The van der Waals surface area contributed by atoms with E-state index in [0.29, 0.717) is 11.1 Å². The van der Waals surface area contributed by atoms with E-state index in [1.165, 1.54) is 6.08 Å². The predicted molar refractivity (Wildman–Crippen MR) is 60.9 cm³/mol. The zero-order valence-corrected chi connectivity index (χ0v) is 10.1. The van der Waals surface area contributed by atoms with E-state index in [2.05, 4.69) is 29.1 Å². The molecule has 0 aromatic carbocycles. The lowest BCUT2D eigenvalue weighted by molar-refractivity contribution is 0.181. The first-order chi connectivity index (χ1) is 6.43. The van der Waals surface area contributed by atoms with Crippen molar-refractivity contribution < 1.29 is 9.13 Å². The molecule has 0 radical (unpaired) electrons. The van der Waals surface area contributed by atoms with Gasteiger partial charge in [0, 0.05) is 11.0 Å². The molecule has 0 aliphatic carbocycles. The third kappa shape index (κ3) is 6.86. The molecule has 0 amide bonds. The average Bonchev–Trinajstić information content (AvgIpc) is 2.00. The summed E-state index contributed by atoms with van der Waals surface area (Å²) in [6.45, 7) is 7.87. The lowest BCUT2D eigenvalue weighted by Crippen LogP contribution is -2.17. The van der Waals surface area contributed by atoms with Gasteiger partial charge in [0.2, 0.25) is 0 Å². The molecule has 0 atom stereocenters. The summed E-state index contributed by atoms with van der Waals surface area (Å²) < 4.78 is 18.5. The fourth-order valence-electron chi connectivity index (χ4n) is 0.679. The van der Waals surface area contributed by atoms with E-state index in [-0.39, 0.29) is 5.76 Å². The molecule has 0 fully saturated rings. The van der Waals surface area contributed by atoms with Crippen LogP contribution in [0.15, 0.2) is 35.3 Å². The van der Waals surface area contributed by atoms with E-state index in [0.717, 1.165) is 6.54 Å². The highest BCUT2D eigenvalue weighted by molar-refractivity contribution is 9.11. The van der Waals surface area contributed by atoms with Gasteiger partial charge in [-0.3, -0.25) is 0 Å². The predicted octanol–water partition coefficient (Wildman–Crippen LogP) is 2.84. The summed E-state index contributed by atoms with van der Waals surface area (Å²) in [6.07, 6.45) is 1.46. The molecule has 0 heterocycles. The van der Waals surface area contributed by atoms with Crippen molar-refractivity contribution in [2.24, 2.45) is 0 Å². The summed E-state index contributed by atoms with van der Waals surface area (Å²) in [5, 5.41) is 0. The third-order valence-electron chi connectivity index (χ3n) is 1.35. The molecule has 0 unspecified atom stereocenters. The van der Waals surface area contributed by atoms with Crippen LogP contribution in [0.1, 0.15) is 0 Å². The van der Waals surface area contributed by atoms with Crippen molar-refractivity contribution in [3.05, 3.63) is 35.3 Å². The van der Waals surface area contributed by atoms with Crippen LogP contribution in [0.3, 0.4) is 0 Å². The standard InChI is InChI=1S/C10H15BrFNO/c1-8(11)7-10(9(2)12)14-6-5-13(3)4/h7H,1-2,5-6H2,3-4H3/b10-7+. The maximum absolute atomic E-state index is 12.8. The Morgan fingerprint density at radius 2 is 2.07 bits per heavy atom. The van der Waals surface area contributed by atoms with Gasteiger partial charge in [-0.2, -0.15) is 0 Å². The van der Waals surface area contributed by atoms with Crippen molar-refractivity contribution in [3.8, 4) is 0 Å². The molecule has 2 nitrogen and oxygen atoms in total. The van der Waals surface area contributed by atoms with Crippen LogP contribution in [0.2, 0.25) is 0 Å². The monoisotopic (exact) mass is 263 g/mol. The van der Waals surface area contributed by atoms with E-state index in [1.54, 1.807) is 0 Å². The number of allylic oxidation sites excluding steroid dienone is 3. The van der Waals surface area contributed by atoms with Crippen LogP contribution in [-0.2, 0) is 4.74 Å². The second-order valence-corrected chi connectivity index (χ2v) is 4.03. The second-order valence-electron chi connectivity index (χ2n) is 3.01. The van der Waals surface area contributed by atoms with Crippen LogP contribution in [0.25, 0.3) is 0 Å². The molecule has 0 aliphatic heterocycles. The van der Waals surface area contributed by atoms with E-state index >= 15 is 0 Å². The number of ether oxygens (including phenoxy) is 1. The Labute approximate surface area is 92.9 Å². The fourth-order valence-corrected chi connectivity index (χ4v) is 0.887. The third-order valence-corrected chi connectivity index (χ3v) is 1.58. The van der Waals surface area contributed by atoms with Crippen molar-refractivity contribution in [1.29, 1.82) is 0 Å². The Hall–Kier alpha value is -0.610. The zero-order chi connectivity index (χ0) is 11.1. The molecular weight excluding hydrogens is 249 g/mol. The van der Waals surface area contributed by atoms with Crippen LogP contribution < -0.4 is 0 Å². The smallest absolute Gasteiger partial charge is 0.157 e. The number of hydrogen-bond donors (Lipinski definition) is 0. The van der Waals surface area contributed by atoms with Gasteiger partial charge in [-0.1, -0.05) is 29.1 Å². The zero-order valence-electron chi connectivity index (χ0n) is 8.52. The lowest BCUT2D eigenvalue weighted by Gasteiger charge is -2.12. The van der Waals surface area contributed by atoms with Gasteiger partial charge in [0.25, 0.3) is 0 Å². The van der Waals surface area contributed by atoms with Crippen molar-refractivity contribution in [1.82, 2.24) is 4.90 Å². The Morgan fingerprint density at radius 1 is 1.50 bits per heavy atom. The summed E-state index contributed by atoms with van der Waals surface area (Å²) >= 11 is 3.10. The molecule has 80 valence electrons. The SMILES string of the molecule is C=C(Br)/C=C(/OCCN(C)C)C(=C)F. The first kappa shape index (κ1) is 13.4. The molecule has 0 bridgehead atoms. The molecule has 0 aromatic heterocycles. The van der Waals surface area contributed by atoms with Gasteiger partial charge < -0.3 is 9.64 Å². The molecular formula is C10H15BrFNO. The van der Waals surface area contributed by atoms with Gasteiger partial charge in [-0.05, 0) is 20.2 Å². The Balaban J connectivity index is 4.12. The minimum atomic E-state index is -0.593. The molecule has 0 aromatic rings. The second kappa shape index (κ2) is 6.79. The summed E-state index contributed by atoms with van der Waals surface area (Å²) in [7, 11) is 3.83. The maximum atomic E-state index is 12.8. The average molecular weight is 264 g/mol. The first-order valence-corrected chi connectivity index (χ1v) is 4.91. The number of rotatable bonds is 6. The summed E-state index contributed by atoms with van der Waals surface area (Å²) in [5.41, 5.74) is 0. The fraction of sp³-hybridized carbons (Fsp3) is 0.400. The Kier molecular flexibility index (Phi) is 6.49. The molecule has 4 heteroatoms. The number of nitrogens with zero attached hydrogens (tertiary/aromatic N) is 1. The van der Waals surface area contributed by atoms with Gasteiger partial charge >= 0.3 is 0 Å². The van der Waals surface area contributed by atoms with E-state index < -0.39 is 5.83 Å². The van der Waals surface area contributed by atoms with E-state index in [9.17, 15) is 4.39 Å². The van der Waals surface area contributed by atoms with Gasteiger partial charge in [0.05, 0.1) is 0 Å². The number of hydrogen-bond acceptors (Lipinski definition) is 2. The molecule has 14 heavy (non-hydrogen) atoms. The minimum Gasteiger partial charge on any atom is -0.489 e. The van der Waals surface area contributed by atoms with Crippen LogP contribution in [-0.4, -0.2) is 32.1 Å². The van der Waals surface area contributed by atoms with Crippen molar-refractivity contribution in [2.75, 3.05) is 27.2 Å².